The summed E-state index contributed by atoms with van der Waals surface area (Å²) in [6.07, 6.45) is -10.3. The third-order valence-corrected chi connectivity index (χ3v) is 9.29. The molecule has 0 aliphatic carbocycles. The standard InChI is InChI=1S/C20H24N10O13P2/c21-15-9-6(1-2-23-15)30(28-27-9)18-12(32)13-8(41-18)4-39-45(36,37)43-14-11(31)7(3-38-44(34,35)42-13)40-19(14)29-5-24-10-16(29)25-20(22)26-17(10)33/h1-2,5,7-8,11-14,18-19,31-32H,3-4H2,(H2,21,23)(H,34,35)(H,36,37)(H3,22,25,26,33)/t7-,8-,11-,12-,13-,14-,18-,19-/m1/s1. The summed E-state index contributed by atoms with van der Waals surface area (Å²) in [6.45, 7) is -1.66. The molecular formula is C20H24N10O13P2. The zero-order valence-electron chi connectivity index (χ0n) is 22.4. The van der Waals surface area contributed by atoms with Crippen molar-refractivity contribution in [3.63, 3.8) is 0 Å². The molecule has 0 aromatic carbocycles. The highest BCUT2D eigenvalue weighted by Gasteiger charge is 2.54. The van der Waals surface area contributed by atoms with Gasteiger partial charge in [0, 0.05) is 6.20 Å². The van der Waals surface area contributed by atoms with Crippen molar-refractivity contribution in [1.82, 2.24) is 39.5 Å². The van der Waals surface area contributed by atoms with Crippen LogP contribution >= 0.6 is 15.6 Å². The van der Waals surface area contributed by atoms with Crippen LogP contribution in [0.5, 0.6) is 0 Å². The number of phosphoric ester groups is 2. The lowest BCUT2D eigenvalue weighted by molar-refractivity contribution is -0.0690. The smallest absolute Gasteiger partial charge is 0.387 e. The number of aromatic amines is 1. The van der Waals surface area contributed by atoms with Crippen LogP contribution in [-0.2, 0) is 36.7 Å². The van der Waals surface area contributed by atoms with Crippen LogP contribution < -0.4 is 17.0 Å². The van der Waals surface area contributed by atoms with Gasteiger partial charge in [0.15, 0.2) is 35.0 Å². The second kappa shape index (κ2) is 10.8. The van der Waals surface area contributed by atoms with Gasteiger partial charge in [-0.2, -0.15) is 4.98 Å². The minimum atomic E-state index is -5.12. The first kappa shape index (κ1) is 30.2. The van der Waals surface area contributed by atoms with Crippen LogP contribution in [-0.4, -0.2) is 109 Å². The first-order valence-corrected chi connectivity index (χ1v) is 16.0. The molecule has 242 valence electrons. The van der Waals surface area contributed by atoms with E-state index in [0.29, 0.717) is 0 Å². The normalized spacial score (nSPS) is 37.7. The fraction of sp³-hybridized carbons (Fsp3) is 0.500. The molecule has 0 saturated carbocycles. The minimum absolute atomic E-state index is 0.0343. The van der Waals surface area contributed by atoms with Crippen LogP contribution in [0.25, 0.3) is 22.2 Å². The molecule has 3 aliphatic rings. The number of aromatic nitrogens is 8. The molecule has 45 heavy (non-hydrogen) atoms. The monoisotopic (exact) mass is 674 g/mol. The molecule has 2 unspecified atom stereocenters. The van der Waals surface area contributed by atoms with Gasteiger partial charge in [-0.1, -0.05) is 5.21 Å². The average Bonchev–Trinajstić information content (AvgIpc) is 3.72. The molecule has 4 aromatic heterocycles. The van der Waals surface area contributed by atoms with E-state index in [2.05, 4.69) is 30.2 Å². The first-order chi connectivity index (χ1) is 21.3. The van der Waals surface area contributed by atoms with Crippen molar-refractivity contribution in [3.8, 4) is 0 Å². The van der Waals surface area contributed by atoms with E-state index < -0.39 is 83.5 Å². The maximum Gasteiger partial charge on any atom is 0.472 e. The number of aliphatic hydroxyl groups excluding tert-OH is 2. The molecule has 4 aromatic rings. The van der Waals surface area contributed by atoms with E-state index in [1.165, 1.54) is 12.3 Å². The van der Waals surface area contributed by atoms with E-state index in [-0.39, 0.29) is 34.0 Å². The summed E-state index contributed by atoms with van der Waals surface area (Å²) in [7, 11) is -10.2. The van der Waals surface area contributed by atoms with Gasteiger partial charge in [-0.3, -0.25) is 32.4 Å². The summed E-state index contributed by atoms with van der Waals surface area (Å²) >= 11 is 0. The van der Waals surface area contributed by atoms with E-state index in [9.17, 15) is 33.9 Å². The lowest BCUT2D eigenvalue weighted by atomic mass is 10.1. The van der Waals surface area contributed by atoms with E-state index in [4.69, 9.17) is 39.0 Å². The Hall–Kier alpha value is -3.44. The van der Waals surface area contributed by atoms with Crippen molar-refractivity contribution in [2.75, 3.05) is 24.7 Å². The Balaban J connectivity index is 1.21. The van der Waals surface area contributed by atoms with Crippen LogP contribution in [0, 0.1) is 0 Å². The number of rotatable bonds is 2. The Bertz CT molecular complexity index is 1940. The van der Waals surface area contributed by atoms with Crippen LogP contribution in [0.15, 0.2) is 23.4 Å². The summed E-state index contributed by atoms with van der Waals surface area (Å²) < 4.78 is 60.9. The molecule has 23 nitrogen and oxygen atoms in total. The lowest BCUT2D eigenvalue weighted by Crippen LogP contribution is -2.36. The predicted molar refractivity (Wildman–Crippen MR) is 143 cm³/mol. The highest BCUT2D eigenvalue weighted by atomic mass is 31.2. The highest BCUT2D eigenvalue weighted by molar-refractivity contribution is 7.47. The number of pyridine rings is 1. The molecule has 25 heteroatoms. The quantitative estimate of drug-likeness (QED) is 0.109. The zero-order valence-corrected chi connectivity index (χ0v) is 24.2. The highest BCUT2D eigenvalue weighted by Crippen LogP contribution is 2.53. The lowest BCUT2D eigenvalue weighted by Gasteiger charge is -2.25. The van der Waals surface area contributed by atoms with Gasteiger partial charge < -0.3 is 40.9 Å². The molecule has 0 spiro atoms. The Labute approximate surface area is 248 Å². The molecule has 3 saturated heterocycles. The van der Waals surface area contributed by atoms with Gasteiger partial charge in [0.2, 0.25) is 5.95 Å². The number of nitrogen functional groups attached to an aromatic ring is 2. The Morgan fingerprint density at radius 3 is 2.38 bits per heavy atom. The number of nitrogens with two attached hydrogens (primary N) is 2. The predicted octanol–water partition coefficient (Wildman–Crippen LogP) is -2.34. The second-order valence-corrected chi connectivity index (χ2v) is 13.0. The molecule has 7 heterocycles. The van der Waals surface area contributed by atoms with Crippen LogP contribution in [0.4, 0.5) is 11.8 Å². The van der Waals surface area contributed by atoms with Crippen molar-refractivity contribution >= 4 is 49.6 Å². The molecule has 7 rings (SSSR count). The summed E-state index contributed by atoms with van der Waals surface area (Å²) in [5.74, 6) is -0.250. The molecule has 0 amide bonds. The number of nitrogens with one attached hydrogen (secondary N) is 1. The van der Waals surface area contributed by atoms with Gasteiger partial charge in [0.1, 0.15) is 36.6 Å². The fourth-order valence-electron chi connectivity index (χ4n) is 5.29. The van der Waals surface area contributed by atoms with Gasteiger partial charge in [0.25, 0.3) is 5.56 Å². The fourth-order valence-corrected chi connectivity index (χ4v) is 7.19. The maximum atomic E-state index is 13.2. The third kappa shape index (κ3) is 5.31. The van der Waals surface area contributed by atoms with Crippen LogP contribution in [0.1, 0.15) is 12.5 Å². The van der Waals surface area contributed by atoms with Gasteiger partial charge in [0.05, 0.1) is 25.1 Å². The van der Waals surface area contributed by atoms with Gasteiger partial charge >= 0.3 is 15.6 Å². The second-order valence-electron chi connectivity index (χ2n) is 10.2. The molecule has 9 N–H and O–H groups in total. The Morgan fingerprint density at radius 2 is 1.62 bits per heavy atom. The van der Waals surface area contributed by atoms with Gasteiger partial charge in [-0.05, 0) is 6.07 Å². The molecular weight excluding hydrogens is 650 g/mol. The molecule has 0 radical (unpaired) electrons. The third-order valence-electron chi connectivity index (χ3n) is 7.32. The molecule has 2 bridgehead atoms. The maximum absolute atomic E-state index is 13.2. The van der Waals surface area contributed by atoms with Crippen molar-refractivity contribution in [2.45, 2.75) is 49.1 Å². The number of imidazole rings is 1. The number of hydrogen-bond donors (Lipinski definition) is 7. The van der Waals surface area contributed by atoms with Crippen molar-refractivity contribution in [2.24, 2.45) is 0 Å². The SMILES string of the molecule is Nc1nc2c(ncn2[C@@H]2O[C@@H]3COP(=O)(O)O[C@H]4[C@@H](O)[C@H](n5nnc6c(N)nccc65)O[C@@H]4COP(=O)(O)O[C@@H]2[C@@H]3O)c(=O)[nH]1. The van der Waals surface area contributed by atoms with E-state index >= 15 is 0 Å². The average molecular weight is 674 g/mol. The molecule has 3 fully saturated rings. The zero-order chi connectivity index (χ0) is 31.8. The van der Waals surface area contributed by atoms with Gasteiger partial charge in [-0.25, -0.2) is 23.8 Å². The first-order valence-electron chi connectivity index (χ1n) is 13.0. The minimum Gasteiger partial charge on any atom is -0.387 e. The van der Waals surface area contributed by atoms with Gasteiger partial charge in [-0.15, -0.1) is 5.10 Å². The largest absolute Gasteiger partial charge is 0.472 e. The number of nitrogens with zero attached hydrogens (tertiary/aromatic N) is 7. The van der Waals surface area contributed by atoms with Crippen molar-refractivity contribution in [1.29, 1.82) is 0 Å². The number of H-pyrrole nitrogens is 1. The Morgan fingerprint density at radius 1 is 0.933 bits per heavy atom. The topological polar surface area (TPSA) is 330 Å². The number of ether oxygens (including phenoxy) is 2. The number of aliphatic hydroxyl groups is 2. The Kier molecular flexibility index (Phi) is 7.27. The molecule has 10 atom stereocenters. The molecule has 3 aliphatic heterocycles. The summed E-state index contributed by atoms with van der Waals surface area (Å²) in [5.41, 5.74) is 10.9. The van der Waals surface area contributed by atoms with E-state index in [0.717, 1.165) is 15.6 Å². The number of anilines is 2. The van der Waals surface area contributed by atoms with Crippen molar-refractivity contribution in [3.05, 3.63) is 28.9 Å². The van der Waals surface area contributed by atoms with E-state index in [1.54, 1.807) is 0 Å². The summed E-state index contributed by atoms with van der Waals surface area (Å²) in [4.78, 5) is 47.7. The van der Waals surface area contributed by atoms with E-state index in [1.807, 2.05) is 0 Å². The van der Waals surface area contributed by atoms with Crippen molar-refractivity contribution < 1.29 is 56.7 Å². The van der Waals surface area contributed by atoms with Crippen LogP contribution in [0.3, 0.4) is 0 Å². The number of phosphoric acid groups is 2. The number of fused-ring (bicyclic) bond motifs is 5. The van der Waals surface area contributed by atoms with Crippen LogP contribution in [0.2, 0.25) is 0 Å². The number of hydrogen-bond acceptors (Lipinski definition) is 18. The summed E-state index contributed by atoms with van der Waals surface area (Å²) in [6, 6.07) is 1.48. The summed E-state index contributed by atoms with van der Waals surface area (Å²) in [5, 5.41) is 29.9.